The number of nitro benzene ring substituents is 1. The Kier molecular flexibility index (Phi) is 4.39. The molecule has 0 saturated heterocycles. The second-order valence-corrected chi connectivity index (χ2v) is 8.06. The van der Waals surface area contributed by atoms with Crippen LogP contribution < -0.4 is 4.90 Å². The van der Waals surface area contributed by atoms with E-state index in [9.17, 15) is 10.1 Å². The summed E-state index contributed by atoms with van der Waals surface area (Å²) in [4.78, 5) is 12.9. The molecule has 4 rings (SSSR count). The van der Waals surface area contributed by atoms with Crippen LogP contribution in [-0.2, 0) is 5.41 Å². The summed E-state index contributed by atoms with van der Waals surface area (Å²) in [5, 5.41) is 11.2. The molecule has 0 unspecified atom stereocenters. The fraction of sp³-hybridized carbons (Fsp3) is 0.200. The summed E-state index contributed by atoms with van der Waals surface area (Å²) in [6.45, 7) is 4.22. The van der Waals surface area contributed by atoms with E-state index in [2.05, 4.69) is 54.9 Å². The van der Waals surface area contributed by atoms with Crippen LogP contribution in [0.3, 0.4) is 0 Å². The highest BCUT2D eigenvalue weighted by Gasteiger charge is 2.36. The largest absolute Gasteiger partial charge is 0.378 e. The molecule has 3 aromatic rings. The first-order chi connectivity index (χ1) is 13.8. The van der Waals surface area contributed by atoms with Gasteiger partial charge in [-0.25, -0.2) is 0 Å². The SMILES string of the molecule is CN(C)c1ccc(C#Cc2ccc3c(c2)C(C)(C)c2cc([N+](=O)[O-])ccc2-3)cc1. The molecule has 1 aliphatic rings. The highest BCUT2D eigenvalue weighted by Crippen LogP contribution is 2.49. The lowest BCUT2D eigenvalue weighted by Crippen LogP contribution is -2.15. The lowest BCUT2D eigenvalue weighted by Gasteiger charge is -2.21. The molecular weight excluding hydrogens is 360 g/mol. The average molecular weight is 382 g/mol. The van der Waals surface area contributed by atoms with E-state index >= 15 is 0 Å². The quantitative estimate of drug-likeness (QED) is 0.340. The fourth-order valence-electron chi connectivity index (χ4n) is 3.90. The van der Waals surface area contributed by atoms with E-state index < -0.39 is 0 Å². The van der Waals surface area contributed by atoms with Crippen LogP contribution in [0.4, 0.5) is 11.4 Å². The number of rotatable bonds is 2. The van der Waals surface area contributed by atoms with Crippen molar-refractivity contribution in [3.05, 3.63) is 93.0 Å². The number of nitro groups is 1. The monoisotopic (exact) mass is 382 g/mol. The molecule has 0 radical (unpaired) electrons. The van der Waals surface area contributed by atoms with Crippen molar-refractivity contribution in [1.29, 1.82) is 0 Å². The van der Waals surface area contributed by atoms with Gasteiger partial charge in [0.15, 0.2) is 0 Å². The molecule has 0 N–H and O–H groups in total. The zero-order valence-electron chi connectivity index (χ0n) is 17.0. The summed E-state index contributed by atoms with van der Waals surface area (Å²) in [6.07, 6.45) is 0. The molecule has 3 aromatic carbocycles. The molecule has 4 heteroatoms. The van der Waals surface area contributed by atoms with Crippen LogP contribution in [0, 0.1) is 22.0 Å². The van der Waals surface area contributed by atoms with Gasteiger partial charge in [-0.1, -0.05) is 31.8 Å². The lowest BCUT2D eigenvalue weighted by atomic mass is 9.82. The van der Waals surface area contributed by atoms with Gasteiger partial charge in [-0.3, -0.25) is 10.1 Å². The number of hydrogen-bond donors (Lipinski definition) is 0. The Morgan fingerprint density at radius 1 is 0.828 bits per heavy atom. The number of fused-ring (bicyclic) bond motifs is 3. The molecule has 0 atom stereocenters. The first-order valence-electron chi connectivity index (χ1n) is 9.50. The van der Waals surface area contributed by atoms with E-state index in [1.54, 1.807) is 12.1 Å². The molecular formula is C25H22N2O2. The van der Waals surface area contributed by atoms with Gasteiger partial charge >= 0.3 is 0 Å². The Hall–Kier alpha value is -3.58. The molecule has 0 heterocycles. The number of benzene rings is 3. The molecule has 1 aliphatic carbocycles. The maximum Gasteiger partial charge on any atom is 0.269 e. The Bertz CT molecular complexity index is 1180. The van der Waals surface area contributed by atoms with Crippen molar-refractivity contribution in [3.63, 3.8) is 0 Å². The van der Waals surface area contributed by atoms with E-state index in [-0.39, 0.29) is 16.0 Å². The summed E-state index contributed by atoms with van der Waals surface area (Å²) in [5.41, 5.74) is 7.21. The maximum atomic E-state index is 11.2. The van der Waals surface area contributed by atoms with Crippen LogP contribution in [0.5, 0.6) is 0 Å². The molecule has 0 amide bonds. The predicted molar refractivity (Wildman–Crippen MR) is 117 cm³/mol. The second kappa shape index (κ2) is 6.79. The predicted octanol–water partition coefficient (Wildman–Crippen LogP) is 5.37. The zero-order chi connectivity index (χ0) is 20.8. The first kappa shape index (κ1) is 18.8. The molecule has 0 aromatic heterocycles. The van der Waals surface area contributed by atoms with Gasteiger partial charge in [-0.05, 0) is 64.7 Å². The molecule has 0 saturated carbocycles. The van der Waals surface area contributed by atoms with Gasteiger partial charge in [0.25, 0.3) is 5.69 Å². The van der Waals surface area contributed by atoms with Crippen LogP contribution >= 0.6 is 0 Å². The van der Waals surface area contributed by atoms with Crippen LogP contribution in [0.1, 0.15) is 36.1 Å². The van der Waals surface area contributed by atoms with Gasteiger partial charge in [0.05, 0.1) is 4.92 Å². The van der Waals surface area contributed by atoms with Crippen molar-refractivity contribution in [3.8, 4) is 23.0 Å². The summed E-state index contributed by atoms with van der Waals surface area (Å²) >= 11 is 0. The highest BCUT2D eigenvalue weighted by atomic mass is 16.6. The minimum atomic E-state index is -0.335. The lowest BCUT2D eigenvalue weighted by molar-refractivity contribution is -0.384. The molecule has 29 heavy (non-hydrogen) atoms. The topological polar surface area (TPSA) is 46.4 Å². The fourth-order valence-corrected chi connectivity index (χ4v) is 3.90. The minimum Gasteiger partial charge on any atom is -0.378 e. The molecule has 0 spiro atoms. The number of hydrogen-bond acceptors (Lipinski definition) is 3. The van der Waals surface area contributed by atoms with Gasteiger partial charge in [0.2, 0.25) is 0 Å². The van der Waals surface area contributed by atoms with Gasteiger partial charge in [0, 0.05) is 48.5 Å². The minimum absolute atomic E-state index is 0.130. The van der Waals surface area contributed by atoms with Gasteiger partial charge in [-0.2, -0.15) is 0 Å². The first-order valence-corrected chi connectivity index (χ1v) is 9.50. The summed E-state index contributed by atoms with van der Waals surface area (Å²) in [5.74, 6) is 6.49. The third-order valence-electron chi connectivity index (χ3n) is 5.61. The van der Waals surface area contributed by atoms with Crippen LogP contribution in [-0.4, -0.2) is 19.0 Å². The van der Waals surface area contributed by atoms with E-state index in [1.165, 1.54) is 0 Å². The second-order valence-electron chi connectivity index (χ2n) is 8.06. The zero-order valence-corrected chi connectivity index (χ0v) is 17.0. The summed E-state index contributed by atoms with van der Waals surface area (Å²) < 4.78 is 0. The number of nitrogens with zero attached hydrogens (tertiary/aromatic N) is 2. The van der Waals surface area contributed by atoms with E-state index in [0.29, 0.717) is 0 Å². The van der Waals surface area contributed by atoms with Crippen molar-refractivity contribution < 1.29 is 4.92 Å². The number of anilines is 1. The van der Waals surface area contributed by atoms with Crippen LogP contribution in [0.25, 0.3) is 11.1 Å². The summed E-state index contributed by atoms with van der Waals surface area (Å²) in [6, 6.07) is 19.5. The molecule has 0 aliphatic heterocycles. The molecule has 144 valence electrons. The third kappa shape index (κ3) is 3.25. The molecule has 0 fully saturated rings. The summed E-state index contributed by atoms with van der Waals surface area (Å²) in [7, 11) is 4.03. The Labute approximate surface area is 171 Å². The van der Waals surface area contributed by atoms with Crippen molar-refractivity contribution >= 4 is 11.4 Å². The van der Waals surface area contributed by atoms with Crippen LogP contribution in [0.15, 0.2) is 60.7 Å². The van der Waals surface area contributed by atoms with E-state index in [4.69, 9.17) is 0 Å². The van der Waals surface area contributed by atoms with Crippen molar-refractivity contribution in [2.75, 3.05) is 19.0 Å². The normalized spacial score (nSPS) is 13.1. The third-order valence-corrected chi connectivity index (χ3v) is 5.61. The van der Waals surface area contributed by atoms with Gasteiger partial charge in [-0.15, -0.1) is 0 Å². The standard InChI is InChI=1S/C25H22N2O2/c1-25(2)23-15-18(6-5-17-7-10-19(11-8-17)26(3)4)9-13-21(23)22-14-12-20(27(28)29)16-24(22)25/h7-16H,1-4H3. The average Bonchev–Trinajstić information content (AvgIpc) is 2.93. The van der Waals surface area contributed by atoms with E-state index in [1.807, 2.05) is 38.4 Å². The van der Waals surface area contributed by atoms with Gasteiger partial charge in [0.1, 0.15) is 0 Å². The van der Waals surface area contributed by atoms with Gasteiger partial charge < -0.3 is 4.90 Å². The Balaban J connectivity index is 1.70. The molecule has 0 bridgehead atoms. The highest BCUT2D eigenvalue weighted by molar-refractivity contribution is 5.82. The maximum absolute atomic E-state index is 11.2. The van der Waals surface area contributed by atoms with Crippen molar-refractivity contribution in [2.45, 2.75) is 19.3 Å². The van der Waals surface area contributed by atoms with Crippen molar-refractivity contribution in [2.24, 2.45) is 0 Å². The smallest absolute Gasteiger partial charge is 0.269 e. The van der Waals surface area contributed by atoms with Crippen LogP contribution in [0.2, 0.25) is 0 Å². The Morgan fingerprint density at radius 3 is 2.00 bits per heavy atom. The number of non-ortho nitro benzene ring substituents is 1. The molecule has 4 nitrogen and oxygen atoms in total. The van der Waals surface area contributed by atoms with Crippen molar-refractivity contribution in [1.82, 2.24) is 0 Å². The van der Waals surface area contributed by atoms with E-state index in [0.717, 1.165) is 39.1 Å². The Morgan fingerprint density at radius 2 is 1.38 bits per heavy atom.